The lowest BCUT2D eigenvalue weighted by molar-refractivity contribution is 0.183. The van der Waals surface area contributed by atoms with Crippen LogP contribution in [0.1, 0.15) is 31.3 Å². The van der Waals surface area contributed by atoms with Crippen LogP contribution in [-0.2, 0) is 4.74 Å². The number of hydrogen-bond acceptors (Lipinski definition) is 7. The van der Waals surface area contributed by atoms with Crippen molar-refractivity contribution in [3.8, 4) is 17.1 Å². The van der Waals surface area contributed by atoms with Crippen LogP contribution in [0.5, 0.6) is 5.75 Å². The zero-order valence-electron chi connectivity index (χ0n) is 19.7. The molecule has 0 fully saturated rings. The maximum absolute atomic E-state index is 5.80. The van der Waals surface area contributed by atoms with Gasteiger partial charge >= 0.3 is 0 Å². The molecule has 1 unspecified atom stereocenters. The molecule has 3 aromatic rings. The predicted molar refractivity (Wildman–Crippen MR) is 139 cm³/mol. The number of thioether (sulfide) groups is 1. The molecule has 1 N–H and O–H groups in total. The topological polar surface area (TPSA) is 72.7 Å². The first-order chi connectivity index (χ1) is 16.5. The van der Waals surface area contributed by atoms with E-state index in [2.05, 4.69) is 41.0 Å². The summed E-state index contributed by atoms with van der Waals surface area (Å²) in [5.41, 5.74) is 3.78. The molecule has 0 spiro atoms. The Morgan fingerprint density at radius 3 is 2.53 bits per heavy atom. The first kappa shape index (κ1) is 24.3. The van der Waals surface area contributed by atoms with E-state index < -0.39 is 0 Å². The Morgan fingerprint density at radius 2 is 1.88 bits per heavy atom. The summed E-state index contributed by atoms with van der Waals surface area (Å²) in [6.45, 7) is 5.77. The number of aromatic nitrogens is 2. The van der Waals surface area contributed by atoms with Gasteiger partial charge in [0.05, 0.1) is 24.8 Å². The summed E-state index contributed by atoms with van der Waals surface area (Å²) < 4.78 is 16.6. The van der Waals surface area contributed by atoms with Gasteiger partial charge < -0.3 is 24.2 Å². The van der Waals surface area contributed by atoms with Crippen LogP contribution in [-0.4, -0.2) is 53.3 Å². The van der Waals surface area contributed by atoms with Crippen LogP contribution in [0.4, 0.5) is 0 Å². The predicted octanol–water partition coefficient (Wildman–Crippen LogP) is 5.17. The summed E-state index contributed by atoms with van der Waals surface area (Å²) in [6.07, 6.45) is 2.06. The summed E-state index contributed by atoms with van der Waals surface area (Å²) >= 11 is 7.41. The highest BCUT2D eigenvalue weighted by atomic mass is 32.2. The molecule has 34 heavy (non-hydrogen) atoms. The van der Waals surface area contributed by atoms with Gasteiger partial charge in [-0.1, -0.05) is 17.3 Å². The summed E-state index contributed by atoms with van der Waals surface area (Å²) in [7, 11) is 1.68. The smallest absolute Gasteiger partial charge is 0.258 e. The molecule has 2 heterocycles. The van der Waals surface area contributed by atoms with E-state index in [0.29, 0.717) is 36.6 Å². The van der Waals surface area contributed by atoms with Gasteiger partial charge in [0.25, 0.3) is 5.89 Å². The second-order valence-corrected chi connectivity index (χ2v) is 8.95. The van der Waals surface area contributed by atoms with Gasteiger partial charge in [-0.2, -0.15) is 4.98 Å². The van der Waals surface area contributed by atoms with E-state index in [0.717, 1.165) is 28.1 Å². The van der Waals surface area contributed by atoms with Gasteiger partial charge in [-0.25, -0.2) is 0 Å². The monoisotopic (exact) mass is 496 g/mol. The summed E-state index contributed by atoms with van der Waals surface area (Å²) in [4.78, 5) is 7.97. The number of nitrogens with one attached hydrogen (secondary N) is 1. The normalized spacial score (nSPS) is 16.1. The van der Waals surface area contributed by atoms with Crippen molar-refractivity contribution in [2.24, 2.45) is 0 Å². The van der Waals surface area contributed by atoms with Crippen molar-refractivity contribution in [2.45, 2.75) is 24.8 Å². The van der Waals surface area contributed by atoms with Crippen LogP contribution < -0.4 is 10.1 Å². The molecular weight excluding hydrogens is 468 g/mol. The Bertz CT molecular complexity index is 1160. The number of benzene rings is 2. The fraction of sp³-hybridized carbons (Fsp3) is 0.320. The van der Waals surface area contributed by atoms with Crippen LogP contribution in [0.25, 0.3) is 17.0 Å². The molecule has 1 aliphatic heterocycles. The standard InChI is InChI=1S/C25H28N4O3S2/c1-5-31-19-10-6-18(7-11-19)23-27-24(32-28-23)21-16(2)29(14-15-30-3)25(33)26-22(21)17-8-12-20(34-4)13-9-17/h6-13,22H,5,14-15H2,1-4H3,(H,26,33). The molecule has 0 aliphatic carbocycles. The maximum Gasteiger partial charge on any atom is 0.258 e. The van der Waals surface area contributed by atoms with Gasteiger partial charge in [0.2, 0.25) is 5.82 Å². The molecule has 9 heteroatoms. The first-order valence-corrected chi connectivity index (χ1v) is 12.7. The Kier molecular flexibility index (Phi) is 7.87. The van der Waals surface area contributed by atoms with Crippen LogP contribution in [0.3, 0.4) is 0 Å². The van der Waals surface area contributed by atoms with Crippen LogP contribution >= 0.6 is 24.0 Å². The van der Waals surface area contributed by atoms with Crippen molar-refractivity contribution < 1.29 is 14.0 Å². The molecule has 4 rings (SSSR count). The van der Waals surface area contributed by atoms with Crippen molar-refractivity contribution in [1.82, 2.24) is 20.4 Å². The quantitative estimate of drug-likeness (QED) is 0.319. The minimum absolute atomic E-state index is 0.212. The van der Waals surface area contributed by atoms with Gasteiger partial charge in [0.15, 0.2) is 5.11 Å². The summed E-state index contributed by atoms with van der Waals surface area (Å²) in [5, 5.41) is 8.38. The highest BCUT2D eigenvalue weighted by Gasteiger charge is 2.34. The minimum Gasteiger partial charge on any atom is -0.494 e. The summed E-state index contributed by atoms with van der Waals surface area (Å²) in [6, 6.07) is 15.9. The molecule has 178 valence electrons. The molecule has 0 amide bonds. The largest absolute Gasteiger partial charge is 0.494 e. The zero-order valence-corrected chi connectivity index (χ0v) is 21.3. The Labute approximate surface area is 209 Å². The summed E-state index contributed by atoms with van der Waals surface area (Å²) in [5.74, 6) is 1.78. The van der Waals surface area contributed by atoms with E-state index in [9.17, 15) is 0 Å². The van der Waals surface area contributed by atoms with Gasteiger partial charge in [0, 0.05) is 29.8 Å². The van der Waals surface area contributed by atoms with E-state index in [4.69, 9.17) is 31.2 Å². The lowest BCUT2D eigenvalue weighted by Gasteiger charge is -2.37. The fourth-order valence-corrected chi connectivity index (χ4v) is 4.63. The number of ether oxygens (including phenoxy) is 2. The molecule has 7 nitrogen and oxygen atoms in total. The fourth-order valence-electron chi connectivity index (χ4n) is 3.87. The van der Waals surface area contributed by atoms with Crippen LogP contribution in [0.15, 0.2) is 63.6 Å². The van der Waals surface area contributed by atoms with E-state index in [1.54, 1.807) is 18.9 Å². The van der Waals surface area contributed by atoms with E-state index in [-0.39, 0.29) is 6.04 Å². The molecule has 2 aromatic carbocycles. The van der Waals surface area contributed by atoms with Crippen LogP contribution in [0.2, 0.25) is 0 Å². The zero-order chi connectivity index (χ0) is 24.1. The minimum atomic E-state index is -0.212. The number of thiocarbonyl (C=S) groups is 1. The van der Waals surface area contributed by atoms with Gasteiger partial charge in [0.1, 0.15) is 5.75 Å². The molecular formula is C25H28N4O3S2. The van der Waals surface area contributed by atoms with Crippen molar-refractivity contribution in [3.63, 3.8) is 0 Å². The first-order valence-electron chi connectivity index (χ1n) is 11.0. The molecule has 1 atom stereocenters. The lowest BCUT2D eigenvalue weighted by Crippen LogP contribution is -2.47. The SMILES string of the molecule is CCOc1ccc(-c2noc(C3=C(C)N(CCOC)C(=S)NC3c3ccc(SC)cc3)n2)cc1. The molecule has 0 radical (unpaired) electrons. The number of rotatable bonds is 9. The third kappa shape index (κ3) is 5.11. The molecule has 1 aliphatic rings. The molecule has 1 aromatic heterocycles. The third-order valence-corrected chi connectivity index (χ3v) is 6.73. The highest BCUT2D eigenvalue weighted by molar-refractivity contribution is 7.98. The molecule has 0 saturated carbocycles. The van der Waals surface area contributed by atoms with Crippen LogP contribution in [0, 0.1) is 0 Å². The number of nitrogens with zero attached hydrogens (tertiary/aromatic N) is 3. The van der Waals surface area contributed by atoms with Crippen molar-refractivity contribution in [3.05, 3.63) is 65.7 Å². The van der Waals surface area contributed by atoms with Gasteiger partial charge in [-0.15, -0.1) is 11.8 Å². The van der Waals surface area contributed by atoms with Gasteiger partial charge in [-0.05, 0) is 74.3 Å². The maximum atomic E-state index is 5.80. The average Bonchev–Trinajstić information content (AvgIpc) is 3.34. The average molecular weight is 497 g/mol. The van der Waals surface area contributed by atoms with E-state index in [1.165, 1.54) is 4.90 Å². The second kappa shape index (κ2) is 11.0. The van der Waals surface area contributed by atoms with Crippen molar-refractivity contribution in [1.29, 1.82) is 0 Å². The lowest BCUT2D eigenvalue weighted by atomic mass is 9.95. The Morgan fingerprint density at radius 1 is 1.15 bits per heavy atom. The van der Waals surface area contributed by atoms with Gasteiger partial charge in [-0.3, -0.25) is 0 Å². The number of methoxy groups -OCH3 is 1. The van der Waals surface area contributed by atoms with Crippen molar-refractivity contribution in [2.75, 3.05) is 33.1 Å². The Balaban J connectivity index is 1.73. The van der Waals surface area contributed by atoms with E-state index in [1.807, 2.05) is 43.0 Å². The number of hydrogen-bond donors (Lipinski definition) is 1. The second-order valence-electron chi connectivity index (χ2n) is 7.68. The third-order valence-electron chi connectivity index (χ3n) is 5.64. The van der Waals surface area contributed by atoms with Crippen molar-refractivity contribution >= 4 is 34.7 Å². The van der Waals surface area contributed by atoms with E-state index >= 15 is 0 Å². The highest BCUT2D eigenvalue weighted by Crippen LogP contribution is 2.37. The Hall–Kier alpha value is -2.88. The molecule has 0 bridgehead atoms. The molecule has 0 saturated heterocycles. The number of allylic oxidation sites excluding steroid dienone is 1.